The molecule has 0 unspecified atom stereocenters. The number of ether oxygens (including phenoxy) is 2. The number of piperazine rings is 1. The van der Waals surface area contributed by atoms with Crippen molar-refractivity contribution in [1.29, 1.82) is 0 Å². The van der Waals surface area contributed by atoms with Gasteiger partial charge in [0.1, 0.15) is 11.5 Å². The maximum Gasteiger partial charge on any atom is 0.142 e. The lowest BCUT2D eigenvalue weighted by molar-refractivity contribution is 0.237. The first-order valence-corrected chi connectivity index (χ1v) is 11.0. The van der Waals surface area contributed by atoms with Gasteiger partial charge in [0.25, 0.3) is 0 Å². The van der Waals surface area contributed by atoms with Gasteiger partial charge in [-0.15, -0.1) is 5.10 Å². The molecule has 0 radical (unpaired) electrons. The standard InChI is InChI=1S/C24H31N5O2/c1-30-24-11-5-3-9-22(24)28-17-15-27(16-18-28)13-6-7-19-31-23-10-4-2-8-21(23)20-29-14-12-25-26-29/h2-5,8-12,14H,6-7,13,15-20H2,1H3. The number of unbranched alkanes of at least 4 members (excludes halogenated alkanes) is 1. The van der Waals surface area contributed by atoms with Crippen molar-refractivity contribution in [2.45, 2.75) is 19.4 Å². The molecule has 31 heavy (non-hydrogen) atoms. The first kappa shape index (κ1) is 21.2. The van der Waals surface area contributed by atoms with E-state index in [1.807, 2.05) is 41.2 Å². The Morgan fingerprint density at radius 3 is 2.45 bits per heavy atom. The summed E-state index contributed by atoms with van der Waals surface area (Å²) in [5.74, 6) is 1.89. The lowest BCUT2D eigenvalue weighted by Gasteiger charge is -2.36. The summed E-state index contributed by atoms with van der Waals surface area (Å²) in [6.07, 6.45) is 5.74. The van der Waals surface area contributed by atoms with Gasteiger partial charge in [0.05, 0.1) is 32.1 Å². The van der Waals surface area contributed by atoms with Gasteiger partial charge in [-0.1, -0.05) is 35.5 Å². The van der Waals surface area contributed by atoms with E-state index in [2.05, 4.69) is 38.3 Å². The average Bonchev–Trinajstić information content (AvgIpc) is 3.33. The van der Waals surface area contributed by atoms with Crippen LogP contribution in [0.4, 0.5) is 5.69 Å². The zero-order chi connectivity index (χ0) is 21.3. The summed E-state index contributed by atoms with van der Waals surface area (Å²) in [6.45, 7) is 6.75. The summed E-state index contributed by atoms with van der Waals surface area (Å²) < 4.78 is 13.4. The number of hydrogen-bond acceptors (Lipinski definition) is 6. The molecule has 4 rings (SSSR count). The topological polar surface area (TPSA) is 55.7 Å². The molecule has 3 aromatic rings. The third-order valence-electron chi connectivity index (χ3n) is 5.70. The highest BCUT2D eigenvalue weighted by molar-refractivity contribution is 5.58. The third kappa shape index (κ3) is 5.76. The van der Waals surface area contributed by atoms with Crippen LogP contribution in [0.2, 0.25) is 0 Å². The van der Waals surface area contributed by atoms with Gasteiger partial charge in [0, 0.05) is 37.9 Å². The molecule has 0 spiro atoms. The van der Waals surface area contributed by atoms with Crippen LogP contribution in [0.1, 0.15) is 18.4 Å². The lowest BCUT2D eigenvalue weighted by atomic mass is 10.2. The highest BCUT2D eigenvalue weighted by Gasteiger charge is 2.19. The van der Waals surface area contributed by atoms with Crippen LogP contribution in [0.15, 0.2) is 60.9 Å². The molecule has 164 valence electrons. The summed E-state index contributed by atoms with van der Waals surface area (Å²) in [7, 11) is 1.74. The second-order valence-corrected chi connectivity index (χ2v) is 7.76. The molecule has 1 saturated heterocycles. The van der Waals surface area contributed by atoms with E-state index in [4.69, 9.17) is 9.47 Å². The molecule has 0 amide bonds. The molecule has 0 aliphatic carbocycles. The highest BCUT2D eigenvalue weighted by atomic mass is 16.5. The van der Waals surface area contributed by atoms with E-state index in [-0.39, 0.29) is 0 Å². The zero-order valence-corrected chi connectivity index (χ0v) is 18.2. The molecule has 0 bridgehead atoms. The van der Waals surface area contributed by atoms with Crippen molar-refractivity contribution in [3.63, 3.8) is 0 Å². The Morgan fingerprint density at radius 2 is 1.68 bits per heavy atom. The van der Waals surface area contributed by atoms with E-state index in [1.54, 1.807) is 13.3 Å². The van der Waals surface area contributed by atoms with Crippen molar-refractivity contribution in [3.8, 4) is 11.5 Å². The van der Waals surface area contributed by atoms with Gasteiger partial charge in [-0.05, 0) is 37.6 Å². The minimum absolute atomic E-state index is 0.673. The van der Waals surface area contributed by atoms with Crippen molar-refractivity contribution in [3.05, 3.63) is 66.5 Å². The van der Waals surface area contributed by atoms with Crippen LogP contribution < -0.4 is 14.4 Å². The van der Waals surface area contributed by atoms with E-state index in [1.165, 1.54) is 5.69 Å². The van der Waals surface area contributed by atoms with Gasteiger partial charge in [0.15, 0.2) is 0 Å². The number of para-hydroxylation sites is 3. The SMILES string of the molecule is COc1ccccc1N1CCN(CCCCOc2ccccc2Cn2ccnn2)CC1. The molecule has 0 atom stereocenters. The van der Waals surface area contributed by atoms with Crippen molar-refractivity contribution in [2.75, 3.05) is 51.3 Å². The Balaban J connectivity index is 1.16. The van der Waals surface area contributed by atoms with Crippen molar-refractivity contribution in [1.82, 2.24) is 19.9 Å². The summed E-state index contributed by atoms with van der Waals surface area (Å²) in [5.41, 5.74) is 2.32. The highest BCUT2D eigenvalue weighted by Crippen LogP contribution is 2.28. The first-order valence-electron chi connectivity index (χ1n) is 11.0. The van der Waals surface area contributed by atoms with Crippen LogP contribution in [-0.2, 0) is 6.54 Å². The van der Waals surface area contributed by atoms with Gasteiger partial charge in [0.2, 0.25) is 0 Å². The van der Waals surface area contributed by atoms with Crippen LogP contribution in [0.5, 0.6) is 11.5 Å². The van der Waals surface area contributed by atoms with Gasteiger partial charge in [-0.2, -0.15) is 0 Å². The number of benzene rings is 2. The molecule has 2 heterocycles. The molecular formula is C24H31N5O2. The minimum Gasteiger partial charge on any atom is -0.495 e. The average molecular weight is 422 g/mol. The van der Waals surface area contributed by atoms with Gasteiger partial charge in [-0.3, -0.25) is 4.90 Å². The van der Waals surface area contributed by atoms with Crippen LogP contribution in [0.25, 0.3) is 0 Å². The number of hydrogen-bond donors (Lipinski definition) is 0. The summed E-state index contributed by atoms with van der Waals surface area (Å²) in [5, 5.41) is 7.91. The predicted octanol–water partition coefficient (Wildman–Crippen LogP) is 3.32. The van der Waals surface area contributed by atoms with Gasteiger partial charge in [-0.25, -0.2) is 4.68 Å². The number of rotatable bonds is 10. The second-order valence-electron chi connectivity index (χ2n) is 7.76. The molecule has 1 aliphatic heterocycles. The maximum atomic E-state index is 6.07. The number of methoxy groups -OCH3 is 1. The van der Waals surface area contributed by atoms with E-state index in [9.17, 15) is 0 Å². The maximum absolute atomic E-state index is 6.07. The molecule has 7 heteroatoms. The van der Waals surface area contributed by atoms with E-state index >= 15 is 0 Å². The van der Waals surface area contributed by atoms with Crippen LogP contribution in [-0.4, -0.2) is 66.3 Å². The smallest absolute Gasteiger partial charge is 0.142 e. The Hall–Kier alpha value is -3.06. The fourth-order valence-corrected chi connectivity index (χ4v) is 3.99. The van der Waals surface area contributed by atoms with Crippen LogP contribution in [0, 0.1) is 0 Å². The van der Waals surface area contributed by atoms with Crippen molar-refractivity contribution >= 4 is 5.69 Å². The summed E-state index contributed by atoms with van der Waals surface area (Å²) in [4.78, 5) is 4.97. The number of aromatic nitrogens is 3. The fraction of sp³-hybridized carbons (Fsp3) is 0.417. The Labute approximate surface area is 184 Å². The quantitative estimate of drug-likeness (QED) is 0.468. The normalized spacial score (nSPS) is 14.5. The molecule has 0 N–H and O–H groups in total. The van der Waals surface area contributed by atoms with Crippen LogP contribution in [0.3, 0.4) is 0 Å². The van der Waals surface area contributed by atoms with Gasteiger partial charge >= 0.3 is 0 Å². The zero-order valence-electron chi connectivity index (χ0n) is 18.2. The van der Waals surface area contributed by atoms with Gasteiger partial charge < -0.3 is 14.4 Å². The molecular weight excluding hydrogens is 390 g/mol. The Morgan fingerprint density at radius 1 is 0.903 bits per heavy atom. The van der Waals surface area contributed by atoms with E-state index in [0.29, 0.717) is 6.54 Å². The summed E-state index contributed by atoms with van der Waals surface area (Å²) >= 11 is 0. The fourth-order valence-electron chi connectivity index (χ4n) is 3.99. The minimum atomic E-state index is 0.673. The number of nitrogens with zero attached hydrogens (tertiary/aromatic N) is 5. The third-order valence-corrected chi connectivity index (χ3v) is 5.70. The number of anilines is 1. The Bertz CT molecular complexity index is 923. The predicted molar refractivity (Wildman–Crippen MR) is 122 cm³/mol. The Kier molecular flexibility index (Phi) is 7.39. The van der Waals surface area contributed by atoms with E-state index < -0.39 is 0 Å². The molecule has 2 aromatic carbocycles. The molecule has 1 aliphatic rings. The molecule has 1 fully saturated rings. The summed E-state index contributed by atoms with van der Waals surface area (Å²) in [6, 6.07) is 16.4. The molecule has 7 nitrogen and oxygen atoms in total. The van der Waals surface area contributed by atoms with E-state index in [0.717, 1.165) is 69.2 Å². The molecule has 1 aromatic heterocycles. The molecule has 0 saturated carbocycles. The monoisotopic (exact) mass is 421 g/mol. The van der Waals surface area contributed by atoms with Crippen molar-refractivity contribution in [2.24, 2.45) is 0 Å². The van der Waals surface area contributed by atoms with Crippen molar-refractivity contribution < 1.29 is 9.47 Å². The lowest BCUT2D eigenvalue weighted by Crippen LogP contribution is -2.46. The largest absolute Gasteiger partial charge is 0.495 e. The second kappa shape index (κ2) is 10.8. The first-order chi connectivity index (χ1) is 15.3. The van der Waals surface area contributed by atoms with Crippen LogP contribution >= 0.6 is 0 Å².